The third-order valence-corrected chi connectivity index (χ3v) is 11.4. The van der Waals surface area contributed by atoms with Crippen molar-refractivity contribution in [3.05, 3.63) is 36.5 Å². The highest BCUT2D eigenvalue weighted by Crippen LogP contribution is 2.16. The van der Waals surface area contributed by atoms with Gasteiger partial charge in [0.2, 0.25) is 0 Å². The number of hydrogen-bond acceptors (Lipinski definition) is 5. The minimum atomic E-state index is -0.771. The van der Waals surface area contributed by atoms with Crippen LogP contribution in [0.3, 0.4) is 0 Å². The fourth-order valence-corrected chi connectivity index (χ4v) is 7.52. The van der Waals surface area contributed by atoms with E-state index in [0.29, 0.717) is 12.8 Å². The fourth-order valence-electron chi connectivity index (χ4n) is 7.52. The van der Waals surface area contributed by atoms with Crippen LogP contribution >= 0.6 is 0 Å². The topological polar surface area (TPSA) is 72.8 Å². The summed E-state index contributed by atoms with van der Waals surface area (Å²) in [6.45, 7) is 4.15. The van der Waals surface area contributed by atoms with Gasteiger partial charge in [-0.25, -0.2) is 0 Å². The van der Waals surface area contributed by atoms with Crippen LogP contribution < -0.4 is 0 Å². The molecule has 5 nitrogen and oxygen atoms in total. The van der Waals surface area contributed by atoms with Gasteiger partial charge in [0.15, 0.2) is 6.10 Å². The molecule has 0 saturated heterocycles. The summed E-state index contributed by atoms with van der Waals surface area (Å²) in [5.74, 6) is -0.583. The van der Waals surface area contributed by atoms with Crippen LogP contribution in [0.15, 0.2) is 36.5 Å². The third-order valence-electron chi connectivity index (χ3n) is 11.4. The summed E-state index contributed by atoms with van der Waals surface area (Å²) in [5.41, 5.74) is 0. The van der Waals surface area contributed by atoms with Gasteiger partial charge in [0.25, 0.3) is 0 Å². The number of carbonyl (C=O) groups excluding carboxylic acids is 2. The van der Waals surface area contributed by atoms with E-state index >= 15 is 0 Å². The van der Waals surface area contributed by atoms with Crippen molar-refractivity contribution in [2.24, 2.45) is 0 Å². The average molecular weight is 815 g/mol. The van der Waals surface area contributed by atoms with Crippen LogP contribution in [0.1, 0.15) is 271 Å². The maximum Gasteiger partial charge on any atom is 0.306 e. The molecule has 0 bridgehead atoms. The van der Waals surface area contributed by atoms with Crippen molar-refractivity contribution in [2.75, 3.05) is 13.2 Å². The van der Waals surface area contributed by atoms with Crippen LogP contribution in [-0.4, -0.2) is 36.4 Å². The first-order chi connectivity index (χ1) is 28.6. The first kappa shape index (κ1) is 56.1. The van der Waals surface area contributed by atoms with Gasteiger partial charge in [-0.2, -0.15) is 0 Å². The molecule has 0 aliphatic rings. The molecule has 0 aromatic rings. The molecule has 340 valence electrons. The van der Waals surface area contributed by atoms with E-state index in [-0.39, 0.29) is 25.2 Å². The van der Waals surface area contributed by atoms with Gasteiger partial charge in [0.1, 0.15) is 6.61 Å². The first-order valence-corrected chi connectivity index (χ1v) is 25.5. The van der Waals surface area contributed by atoms with Gasteiger partial charge in [0, 0.05) is 12.8 Å². The van der Waals surface area contributed by atoms with E-state index in [4.69, 9.17) is 9.47 Å². The molecule has 0 aliphatic heterocycles. The summed E-state index contributed by atoms with van der Waals surface area (Å²) >= 11 is 0. The zero-order chi connectivity index (χ0) is 42.1. The van der Waals surface area contributed by atoms with Crippen molar-refractivity contribution in [2.45, 2.75) is 277 Å². The van der Waals surface area contributed by atoms with Gasteiger partial charge < -0.3 is 14.6 Å². The minimum absolute atomic E-state index is 0.0643. The number of carbonyl (C=O) groups is 2. The summed E-state index contributed by atoms with van der Waals surface area (Å²) in [6, 6.07) is 0. The van der Waals surface area contributed by atoms with E-state index < -0.39 is 6.10 Å². The van der Waals surface area contributed by atoms with Crippen LogP contribution in [0.2, 0.25) is 0 Å². The maximum absolute atomic E-state index is 12.3. The molecule has 0 spiro atoms. The number of hydrogen-bond donors (Lipinski definition) is 1. The highest BCUT2D eigenvalue weighted by molar-refractivity contribution is 5.70. The molecule has 0 aromatic heterocycles. The van der Waals surface area contributed by atoms with Crippen molar-refractivity contribution in [3.63, 3.8) is 0 Å². The van der Waals surface area contributed by atoms with Gasteiger partial charge in [0.05, 0.1) is 6.61 Å². The van der Waals surface area contributed by atoms with Crippen molar-refractivity contribution < 1.29 is 24.2 Å². The van der Waals surface area contributed by atoms with E-state index in [9.17, 15) is 14.7 Å². The molecular weight excluding hydrogens is 717 g/mol. The van der Waals surface area contributed by atoms with E-state index in [1.807, 2.05) is 0 Å². The maximum atomic E-state index is 12.3. The molecule has 0 amide bonds. The Balaban J connectivity index is 3.48. The van der Waals surface area contributed by atoms with Crippen LogP contribution in [-0.2, 0) is 19.1 Å². The summed E-state index contributed by atoms with van der Waals surface area (Å²) in [4.78, 5) is 24.4. The van der Waals surface area contributed by atoms with E-state index in [0.717, 1.165) is 44.9 Å². The second kappa shape index (κ2) is 49.5. The van der Waals surface area contributed by atoms with E-state index in [1.165, 1.54) is 199 Å². The monoisotopic (exact) mass is 815 g/mol. The van der Waals surface area contributed by atoms with Gasteiger partial charge in [-0.1, -0.05) is 224 Å². The zero-order valence-electron chi connectivity index (χ0n) is 38.8. The minimum Gasteiger partial charge on any atom is -0.462 e. The van der Waals surface area contributed by atoms with Gasteiger partial charge in [-0.3, -0.25) is 9.59 Å². The highest BCUT2D eigenvalue weighted by Gasteiger charge is 2.16. The Morgan fingerprint density at radius 1 is 0.397 bits per heavy atom. The fraction of sp³-hybridized carbons (Fsp3) is 0.849. The Kier molecular flexibility index (Phi) is 47.9. The predicted octanol–water partition coefficient (Wildman–Crippen LogP) is 16.7. The smallest absolute Gasteiger partial charge is 0.306 e. The SMILES string of the molecule is CCCCCCC/C=C\C/C=C\CCCCCCCCCCCCCCCC(=O)OC(CO)COC(=O)CCCCCCCCCCC/C=C\CCCCCCCC. The standard InChI is InChI=1S/C53H98O5/c1-3-5-7-9-11-13-15-17-19-21-23-24-25-26-27-28-30-32-34-36-38-40-42-44-46-48-53(56)58-51(49-54)50-57-52(55)47-45-43-41-39-37-35-33-31-29-22-20-18-16-14-12-10-8-6-4-2/h15,17-18,20-21,23,51,54H,3-14,16,19,22,24-50H2,1-2H3/b17-15-,20-18-,23-21-. The zero-order valence-corrected chi connectivity index (χ0v) is 38.8. The van der Waals surface area contributed by atoms with Gasteiger partial charge in [-0.15, -0.1) is 0 Å². The Morgan fingerprint density at radius 2 is 0.690 bits per heavy atom. The lowest BCUT2D eigenvalue weighted by Gasteiger charge is -2.15. The summed E-state index contributed by atoms with van der Waals surface area (Å²) in [6.07, 6.45) is 62.4. The van der Waals surface area contributed by atoms with E-state index in [2.05, 4.69) is 50.3 Å². The van der Waals surface area contributed by atoms with Crippen LogP contribution in [0, 0.1) is 0 Å². The van der Waals surface area contributed by atoms with Crippen molar-refractivity contribution in [1.82, 2.24) is 0 Å². The Hall–Kier alpha value is -1.88. The molecule has 1 N–H and O–H groups in total. The average Bonchev–Trinajstić information content (AvgIpc) is 3.23. The number of allylic oxidation sites excluding steroid dienone is 6. The predicted molar refractivity (Wildman–Crippen MR) is 251 cm³/mol. The molecule has 5 heteroatoms. The summed E-state index contributed by atoms with van der Waals surface area (Å²) in [7, 11) is 0. The lowest BCUT2D eigenvalue weighted by atomic mass is 10.0. The molecule has 1 atom stereocenters. The molecule has 0 saturated carbocycles. The Bertz CT molecular complexity index is 924. The molecule has 0 aromatic carbocycles. The number of rotatable bonds is 47. The van der Waals surface area contributed by atoms with Crippen LogP contribution in [0.5, 0.6) is 0 Å². The quantitative estimate of drug-likeness (QED) is 0.0376. The van der Waals surface area contributed by atoms with E-state index in [1.54, 1.807) is 0 Å². The lowest BCUT2D eigenvalue weighted by molar-refractivity contribution is -0.161. The number of aliphatic hydroxyl groups excluding tert-OH is 1. The number of esters is 2. The Labute approximate surface area is 361 Å². The number of ether oxygens (including phenoxy) is 2. The third kappa shape index (κ3) is 46.8. The summed E-state index contributed by atoms with van der Waals surface area (Å²) in [5, 5.41) is 9.62. The molecule has 1 unspecified atom stereocenters. The molecule has 0 radical (unpaired) electrons. The second-order valence-electron chi connectivity index (χ2n) is 17.2. The van der Waals surface area contributed by atoms with Crippen LogP contribution in [0.4, 0.5) is 0 Å². The molecule has 58 heavy (non-hydrogen) atoms. The molecule has 0 rings (SSSR count). The van der Waals surface area contributed by atoms with Crippen molar-refractivity contribution in [1.29, 1.82) is 0 Å². The normalized spacial score (nSPS) is 12.4. The molecule has 0 aliphatic carbocycles. The van der Waals surface area contributed by atoms with Crippen LogP contribution in [0.25, 0.3) is 0 Å². The van der Waals surface area contributed by atoms with Gasteiger partial charge in [-0.05, 0) is 70.6 Å². The number of unbranched alkanes of at least 4 members (excludes halogenated alkanes) is 33. The Morgan fingerprint density at radius 3 is 1.03 bits per heavy atom. The molecule has 0 heterocycles. The van der Waals surface area contributed by atoms with Crippen molar-refractivity contribution in [3.8, 4) is 0 Å². The largest absolute Gasteiger partial charge is 0.462 e. The first-order valence-electron chi connectivity index (χ1n) is 25.5. The van der Waals surface area contributed by atoms with Crippen molar-refractivity contribution >= 4 is 11.9 Å². The highest BCUT2D eigenvalue weighted by atomic mass is 16.6. The number of aliphatic hydroxyl groups is 1. The van der Waals surface area contributed by atoms with Gasteiger partial charge >= 0.3 is 11.9 Å². The summed E-state index contributed by atoms with van der Waals surface area (Å²) < 4.78 is 10.7. The molecular formula is C53H98O5. The molecule has 0 fully saturated rings. The second-order valence-corrected chi connectivity index (χ2v) is 17.2. The lowest BCUT2D eigenvalue weighted by Crippen LogP contribution is -2.28.